The normalized spacial score (nSPS) is 23.2. The summed E-state index contributed by atoms with van der Waals surface area (Å²) in [4.78, 5) is 0.317. The Morgan fingerprint density at radius 2 is 2.00 bits per heavy atom. The van der Waals surface area contributed by atoms with Crippen LogP contribution in [0.4, 0.5) is 5.69 Å². The van der Waals surface area contributed by atoms with Gasteiger partial charge in [-0.1, -0.05) is 18.9 Å². The highest BCUT2D eigenvalue weighted by molar-refractivity contribution is 7.89. The molecule has 3 N–H and O–H groups in total. The molecule has 2 rings (SSSR count). The number of nitrogens with zero attached hydrogens (tertiary/aromatic N) is 1. The highest BCUT2D eigenvalue weighted by Crippen LogP contribution is 2.27. The van der Waals surface area contributed by atoms with Crippen molar-refractivity contribution in [2.75, 3.05) is 26.0 Å². The Bertz CT molecular complexity index is 572. The molecule has 1 aromatic rings. The molecule has 21 heavy (non-hydrogen) atoms. The summed E-state index contributed by atoms with van der Waals surface area (Å²) < 4.78 is 25.6. The van der Waals surface area contributed by atoms with Crippen molar-refractivity contribution in [2.45, 2.75) is 36.6 Å². The smallest absolute Gasteiger partial charge is 0.242 e. The van der Waals surface area contributed by atoms with Gasteiger partial charge in [-0.2, -0.15) is 0 Å². The highest BCUT2D eigenvalue weighted by atomic mass is 32.2. The Hall–Kier alpha value is -1.11. The first-order chi connectivity index (χ1) is 9.95. The first-order valence-corrected chi connectivity index (χ1v) is 8.88. The van der Waals surface area contributed by atoms with E-state index in [0.717, 1.165) is 18.5 Å². The van der Waals surface area contributed by atoms with E-state index >= 15 is 0 Å². The Balaban J connectivity index is 2.18. The van der Waals surface area contributed by atoms with Crippen LogP contribution in [0.5, 0.6) is 0 Å². The molecular weight excluding hydrogens is 286 g/mol. The maximum Gasteiger partial charge on any atom is 0.242 e. The van der Waals surface area contributed by atoms with E-state index in [1.807, 2.05) is 6.07 Å². The fourth-order valence-electron chi connectivity index (χ4n) is 2.85. The third kappa shape index (κ3) is 3.75. The molecule has 1 aliphatic rings. The van der Waals surface area contributed by atoms with Crippen molar-refractivity contribution >= 4 is 15.7 Å². The van der Waals surface area contributed by atoms with Crippen LogP contribution in [-0.4, -0.2) is 39.4 Å². The quantitative estimate of drug-likeness (QED) is 0.870. The summed E-state index contributed by atoms with van der Waals surface area (Å²) in [6, 6.07) is 7.36. The van der Waals surface area contributed by atoms with E-state index in [-0.39, 0.29) is 0 Å². The molecule has 0 bridgehead atoms. The molecule has 0 aliphatic heterocycles. The Morgan fingerprint density at radius 3 is 2.67 bits per heavy atom. The fraction of sp³-hybridized carbons (Fsp3) is 0.600. The number of anilines is 1. The largest absolute Gasteiger partial charge is 0.382 e. The van der Waals surface area contributed by atoms with Gasteiger partial charge >= 0.3 is 0 Å². The van der Waals surface area contributed by atoms with E-state index < -0.39 is 10.0 Å². The summed E-state index contributed by atoms with van der Waals surface area (Å²) in [5.74, 6) is 0.466. The average molecular weight is 311 g/mol. The number of benzene rings is 1. The van der Waals surface area contributed by atoms with E-state index in [1.165, 1.54) is 17.1 Å². The SMILES string of the molecule is CN(C)S(=O)(=O)c1cccc(NC2CCCCC2CN)c1. The Labute approximate surface area is 127 Å². The predicted molar refractivity (Wildman–Crippen MR) is 85.7 cm³/mol. The van der Waals surface area contributed by atoms with Crippen LogP contribution in [0.25, 0.3) is 0 Å². The molecule has 118 valence electrons. The summed E-state index contributed by atoms with van der Waals surface area (Å²) >= 11 is 0. The van der Waals surface area contributed by atoms with E-state index in [1.54, 1.807) is 32.3 Å². The van der Waals surface area contributed by atoms with Crippen molar-refractivity contribution in [3.8, 4) is 0 Å². The van der Waals surface area contributed by atoms with Crippen molar-refractivity contribution in [2.24, 2.45) is 11.7 Å². The van der Waals surface area contributed by atoms with Gasteiger partial charge in [0.05, 0.1) is 4.90 Å². The lowest BCUT2D eigenvalue weighted by molar-refractivity contribution is 0.332. The highest BCUT2D eigenvalue weighted by Gasteiger charge is 2.24. The van der Waals surface area contributed by atoms with Crippen LogP contribution in [0.15, 0.2) is 29.2 Å². The number of rotatable bonds is 5. The second kappa shape index (κ2) is 6.77. The van der Waals surface area contributed by atoms with Gasteiger partial charge in [-0.15, -0.1) is 0 Å². The molecule has 1 fully saturated rings. The first kappa shape index (κ1) is 16.3. The molecule has 1 aromatic carbocycles. The summed E-state index contributed by atoms with van der Waals surface area (Å²) in [5.41, 5.74) is 6.69. The molecule has 1 aliphatic carbocycles. The van der Waals surface area contributed by atoms with Crippen LogP contribution < -0.4 is 11.1 Å². The van der Waals surface area contributed by atoms with Gasteiger partial charge in [-0.05, 0) is 43.5 Å². The van der Waals surface area contributed by atoms with Crippen LogP contribution in [0, 0.1) is 5.92 Å². The van der Waals surface area contributed by atoms with Crippen molar-refractivity contribution in [1.82, 2.24) is 4.31 Å². The molecular formula is C15H25N3O2S. The Morgan fingerprint density at radius 1 is 1.29 bits per heavy atom. The molecule has 0 saturated heterocycles. The summed E-state index contributed by atoms with van der Waals surface area (Å²) in [6.07, 6.45) is 4.66. The van der Waals surface area contributed by atoms with Crippen LogP contribution in [0.2, 0.25) is 0 Å². The molecule has 0 amide bonds. The number of nitrogens with two attached hydrogens (primary N) is 1. The molecule has 0 radical (unpaired) electrons. The number of hydrogen-bond acceptors (Lipinski definition) is 4. The van der Waals surface area contributed by atoms with Crippen molar-refractivity contribution in [3.63, 3.8) is 0 Å². The van der Waals surface area contributed by atoms with Crippen LogP contribution in [-0.2, 0) is 10.0 Å². The zero-order valence-corrected chi connectivity index (χ0v) is 13.6. The lowest BCUT2D eigenvalue weighted by Crippen LogP contribution is -2.36. The molecule has 0 spiro atoms. The van der Waals surface area contributed by atoms with Crippen molar-refractivity contribution < 1.29 is 8.42 Å². The third-order valence-corrected chi connectivity index (χ3v) is 5.99. The van der Waals surface area contributed by atoms with Gasteiger partial charge in [0.1, 0.15) is 0 Å². The van der Waals surface area contributed by atoms with Gasteiger partial charge in [0.2, 0.25) is 10.0 Å². The predicted octanol–water partition coefficient (Wildman–Crippen LogP) is 1.87. The zero-order chi connectivity index (χ0) is 15.5. The van der Waals surface area contributed by atoms with E-state index in [4.69, 9.17) is 5.73 Å². The van der Waals surface area contributed by atoms with Crippen molar-refractivity contribution in [1.29, 1.82) is 0 Å². The molecule has 0 aromatic heterocycles. The van der Waals surface area contributed by atoms with Crippen LogP contribution in [0.1, 0.15) is 25.7 Å². The summed E-state index contributed by atoms with van der Waals surface area (Å²) in [5, 5.41) is 3.47. The van der Waals surface area contributed by atoms with Crippen LogP contribution >= 0.6 is 0 Å². The molecule has 2 unspecified atom stereocenters. The average Bonchev–Trinajstić information content (AvgIpc) is 2.48. The maximum atomic E-state index is 12.2. The number of nitrogens with one attached hydrogen (secondary N) is 1. The molecule has 0 heterocycles. The lowest BCUT2D eigenvalue weighted by atomic mass is 9.84. The number of sulfonamides is 1. The van der Waals surface area contributed by atoms with E-state index in [9.17, 15) is 8.42 Å². The lowest BCUT2D eigenvalue weighted by Gasteiger charge is -2.32. The molecule has 1 saturated carbocycles. The van der Waals surface area contributed by atoms with Gasteiger partial charge in [0.15, 0.2) is 0 Å². The topological polar surface area (TPSA) is 75.4 Å². The third-order valence-electron chi connectivity index (χ3n) is 4.18. The van der Waals surface area contributed by atoms with E-state index in [0.29, 0.717) is 23.4 Å². The van der Waals surface area contributed by atoms with E-state index in [2.05, 4.69) is 5.32 Å². The summed E-state index contributed by atoms with van der Waals surface area (Å²) in [7, 11) is -0.305. The fourth-order valence-corrected chi connectivity index (χ4v) is 3.80. The molecule has 5 nitrogen and oxygen atoms in total. The second-order valence-corrected chi connectivity index (χ2v) is 8.00. The minimum Gasteiger partial charge on any atom is -0.382 e. The monoisotopic (exact) mass is 311 g/mol. The van der Waals surface area contributed by atoms with Crippen LogP contribution in [0.3, 0.4) is 0 Å². The van der Waals surface area contributed by atoms with Gasteiger partial charge in [0.25, 0.3) is 0 Å². The standard InChI is InChI=1S/C15H25N3O2S/c1-18(2)21(19,20)14-8-5-7-13(10-14)17-15-9-4-3-6-12(15)11-16/h5,7-8,10,12,15,17H,3-4,6,9,11,16H2,1-2H3. The minimum atomic E-state index is -3.39. The molecule has 6 heteroatoms. The second-order valence-electron chi connectivity index (χ2n) is 5.85. The molecule has 2 atom stereocenters. The van der Waals surface area contributed by atoms with Gasteiger partial charge in [-0.3, -0.25) is 0 Å². The zero-order valence-electron chi connectivity index (χ0n) is 12.7. The Kier molecular flexibility index (Phi) is 5.24. The summed E-state index contributed by atoms with van der Waals surface area (Å²) in [6.45, 7) is 0.674. The van der Waals surface area contributed by atoms with Gasteiger partial charge in [-0.25, -0.2) is 12.7 Å². The first-order valence-electron chi connectivity index (χ1n) is 7.44. The van der Waals surface area contributed by atoms with Gasteiger partial charge in [0, 0.05) is 25.8 Å². The van der Waals surface area contributed by atoms with Crippen molar-refractivity contribution in [3.05, 3.63) is 24.3 Å². The number of hydrogen-bond donors (Lipinski definition) is 2. The van der Waals surface area contributed by atoms with Gasteiger partial charge < -0.3 is 11.1 Å². The maximum absolute atomic E-state index is 12.2. The minimum absolute atomic E-state index is 0.317.